The molecule has 1 amide bonds. The minimum atomic E-state index is -3.54. The molecule has 0 aliphatic carbocycles. The quantitative estimate of drug-likeness (QED) is 0.360. The Morgan fingerprint density at radius 3 is 2.52 bits per heavy atom. The third kappa shape index (κ3) is 4.75. The van der Waals surface area contributed by atoms with Gasteiger partial charge in [0, 0.05) is 13.1 Å². The summed E-state index contributed by atoms with van der Waals surface area (Å²) in [6.45, 7) is 4.44. The summed E-state index contributed by atoms with van der Waals surface area (Å²) in [4.78, 5) is 21.5. The lowest BCUT2D eigenvalue weighted by molar-refractivity contribution is -0.113. The molecule has 0 atom stereocenters. The third-order valence-electron chi connectivity index (χ3n) is 4.55. The van der Waals surface area contributed by atoms with Crippen LogP contribution in [0, 0.1) is 0 Å². The second-order valence-corrected chi connectivity index (χ2v) is 11.7. The molecule has 0 unspecified atom stereocenters. The van der Waals surface area contributed by atoms with E-state index in [1.54, 1.807) is 29.5 Å². The van der Waals surface area contributed by atoms with E-state index in [2.05, 4.69) is 15.3 Å². The van der Waals surface area contributed by atoms with Crippen molar-refractivity contribution in [1.82, 2.24) is 14.3 Å². The number of benzene rings is 2. The Labute approximate surface area is 192 Å². The molecule has 0 saturated heterocycles. The number of amides is 1. The Morgan fingerprint density at radius 1 is 1.03 bits per heavy atom. The summed E-state index contributed by atoms with van der Waals surface area (Å²) in [7, 11) is -3.54. The van der Waals surface area contributed by atoms with Gasteiger partial charge in [-0.1, -0.05) is 49.1 Å². The van der Waals surface area contributed by atoms with Crippen LogP contribution in [0.15, 0.2) is 51.7 Å². The number of anilines is 1. The van der Waals surface area contributed by atoms with Crippen LogP contribution in [0.2, 0.25) is 0 Å². The van der Waals surface area contributed by atoms with Gasteiger partial charge in [-0.25, -0.2) is 18.4 Å². The van der Waals surface area contributed by atoms with Crippen LogP contribution in [-0.2, 0) is 14.8 Å². The number of carbonyl (C=O) groups excluding carboxylic acids is 1. The number of hydrogen-bond acceptors (Lipinski definition) is 8. The molecule has 2 aromatic heterocycles. The molecule has 7 nitrogen and oxygen atoms in total. The Kier molecular flexibility index (Phi) is 6.58. The van der Waals surface area contributed by atoms with Crippen LogP contribution in [0.3, 0.4) is 0 Å². The van der Waals surface area contributed by atoms with Crippen molar-refractivity contribution in [2.24, 2.45) is 0 Å². The van der Waals surface area contributed by atoms with Crippen molar-refractivity contribution in [2.45, 2.75) is 23.1 Å². The van der Waals surface area contributed by atoms with Crippen molar-refractivity contribution in [2.75, 3.05) is 24.2 Å². The Hall–Kier alpha value is -2.05. The van der Waals surface area contributed by atoms with E-state index in [1.165, 1.54) is 27.4 Å². The number of nitrogens with zero attached hydrogens (tertiary/aromatic N) is 3. The number of nitrogens with one attached hydrogen (secondary N) is 1. The fourth-order valence-corrected chi connectivity index (χ4v) is 7.38. The second-order valence-electron chi connectivity index (χ2n) is 6.52. The van der Waals surface area contributed by atoms with Gasteiger partial charge in [-0.3, -0.25) is 4.79 Å². The largest absolute Gasteiger partial charge is 0.301 e. The molecule has 1 N–H and O–H groups in total. The molecular weight excluding hydrogens is 473 g/mol. The zero-order valence-electron chi connectivity index (χ0n) is 16.9. The topological polar surface area (TPSA) is 92.3 Å². The van der Waals surface area contributed by atoms with Crippen LogP contribution < -0.4 is 5.32 Å². The molecule has 162 valence electrons. The van der Waals surface area contributed by atoms with Crippen molar-refractivity contribution >= 4 is 75.9 Å². The fraction of sp³-hybridized carbons (Fsp3) is 0.250. The second kappa shape index (κ2) is 9.21. The number of hydrogen-bond donors (Lipinski definition) is 1. The fourth-order valence-electron chi connectivity index (χ4n) is 3.03. The summed E-state index contributed by atoms with van der Waals surface area (Å²) >= 11 is 4.20. The van der Waals surface area contributed by atoms with Crippen molar-refractivity contribution in [1.29, 1.82) is 0 Å². The highest BCUT2D eigenvalue weighted by Gasteiger charge is 2.22. The lowest BCUT2D eigenvalue weighted by atomic mass is 10.3. The first-order chi connectivity index (χ1) is 14.9. The molecule has 31 heavy (non-hydrogen) atoms. The van der Waals surface area contributed by atoms with Crippen molar-refractivity contribution in [3.05, 3.63) is 42.5 Å². The van der Waals surface area contributed by atoms with E-state index in [4.69, 9.17) is 0 Å². The maximum atomic E-state index is 12.7. The summed E-state index contributed by atoms with van der Waals surface area (Å²) in [5.41, 5.74) is 1.58. The van der Waals surface area contributed by atoms with E-state index in [9.17, 15) is 13.2 Å². The molecule has 4 rings (SSSR count). The lowest BCUT2D eigenvalue weighted by Gasteiger charge is -2.18. The zero-order valence-corrected chi connectivity index (χ0v) is 20.1. The highest BCUT2D eigenvalue weighted by molar-refractivity contribution is 8.01. The van der Waals surface area contributed by atoms with Gasteiger partial charge in [0.05, 0.1) is 31.1 Å². The number of sulfonamides is 1. The molecule has 0 fully saturated rings. The summed E-state index contributed by atoms with van der Waals surface area (Å²) < 4.78 is 29.5. The molecule has 0 radical (unpaired) electrons. The van der Waals surface area contributed by atoms with E-state index >= 15 is 0 Å². The normalized spacial score (nSPS) is 12.1. The number of fused-ring (bicyclic) bond motifs is 2. The number of thiazole rings is 2. The smallest absolute Gasteiger partial charge is 0.243 e. The van der Waals surface area contributed by atoms with Gasteiger partial charge in [0.25, 0.3) is 0 Å². The molecular formula is C20H20N4O3S4. The van der Waals surface area contributed by atoms with Gasteiger partial charge in [0.2, 0.25) is 15.9 Å². The first kappa shape index (κ1) is 22.2. The summed E-state index contributed by atoms with van der Waals surface area (Å²) in [5.74, 6) is 0.0384. The minimum Gasteiger partial charge on any atom is -0.301 e. The molecule has 0 saturated carbocycles. The summed E-state index contributed by atoms with van der Waals surface area (Å²) in [6, 6.07) is 12.7. The average Bonchev–Trinajstić information content (AvgIpc) is 3.35. The Morgan fingerprint density at radius 2 is 1.77 bits per heavy atom. The highest BCUT2D eigenvalue weighted by Crippen LogP contribution is 2.31. The van der Waals surface area contributed by atoms with Crippen LogP contribution in [0.1, 0.15) is 13.8 Å². The van der Waals surface area contributed by atoms with Gasteiger partial charge in [-0.15, -0.1) is 11.3 Å². The van der Waals surface area contributed by atoms with Crippen LogP contribution in [0.4, 0.5) is 5.13 Å². The summed E-state index contributed by atoms with van der Waals surface area (Å²) in [5, 5.41) is 3.25. The first-order valence-corrected chi connectivity index (χ1v) is 13.7. The minimum absolute atomic E-state index is 0.181. The van der Waals surface area contributed by atoms with Crippen molar-refractivity contribution < 1.29 is 13.2 Å². The number of aromatic nitrogens is 2. The molecule has 11 heteroatoms. The molecule has 0 aliphatic heterocycles. The molecule has 2 aromatic carbocycles. The molecule has 2 heterocycles. The van der Waals surface area contributed by atoms with Gasteiger partial charge < -0.3 is 5.32 Å². The predicted octanol–water partition coefficient (Wildman–Crippen LogP) is 4.67. The van der Waals surface area contributed by atoms with Crippen LogP contribution in [-0.4, -0.2) is 47.4 Å². The molecule has 4 aromatic rings. The number of thioether (sulfide) groups is 1. The van der Waals surface area contributed by atoms with E-state index in [1.807, 2.05) is 38.1 Å². The molecule has 0 spiro atoms. The monoisotopic (exact) mass is 492 g/mol. The van der Waals surface area contributed by atoms with Gasteiger partial charge in [-0.2, -0.15) is 4.31 Å². The van der Waals surface area contributed by atoms with E-state index in [0.717, 1.165) is 14.6 Å². The van der Waals surface area contributed by atoms with Crippen LogP contribution in [0.5, 0.6) is 0 Å². The molecule has 0 aliphatic rings. The summed E-state index contributed by atoms with van der Waals surface area (Å²) in [6.07, 6.45) is 0. The Balaban J connectivity index is 1.45. The van der Waals surface area contributed by atoms with Crippen LogP contribution >= 0.6 is 34.4 Å². The van der Waals surface area contributed by atoms with Gasteiger partial charge in [0.1, 0.15) is 0 Å². The average molecular weight is 493 g/mol. The lowest BCUT2D eigenvalue weighted by Crippen LogP contribution is -2.30. The highest BCUT2D eigenvalue weighted by atomic mass is 32.2. The predicted molar refractivity (Wildman–Crippen MR) is 129 cm³/mol. The standard InChI is InChI=1S/C20H20N4O3S4/c1-3-24(4-2)31(26,27)13-9-10-15-17(11-13)29-19(21-15)23-18(25)12-28-20-22-14-7-5-6-8-16(14)30-20/h5-11H,3-4,12H2,1-2H3,(H,21,23,25). The zero-order chi connectivity index (χ0) is 22.0. The number of para-hydroxylation sites is 1. The number of carbonyl (C=O) groups is 1. The first-order valence-electron chi connectivity index (χ1n) is 9.59. The van der Waals surface area contributed by atoms with Crippen molar-refractivity contribution in [3.63, 3.8) is 0 Å². The maximum absolute atomic E-state index is 12.7. The SMILES string of the molecule is CCN(CC)S(=O)(=O)c1ccc2nc(NC(=O)CSc3nc4ccccc4s3)sc2c1. The van der Waals surface area contributed by atoms with E-state index < -0.39 is 10.0 Å². The third-order valence-corrected chi connectivity index (χ3v) is 9.71. The van der Waals surface area contributed by atoms with Gasteiger partial charge in [0.15, 0.2) is 9.47 Å². The maximum Gasteiger partial charge on any atom is 0.243 e. The van der Waals surface area contributed by atoms with Crippen molar-refractivity contribution in [3.8, 4) is 0 Å². The van der Waals surface area contributed by atoms with Gasteiger partial charge >= 0.3 is 0 Å². The van der Waals surface area contributed by atoms with Crippen LogP contribution in [0.25, 0.3) is 20.4 Å². The van der Waals surface area contributed by atoms with E-state index in [0.29, 0.717) is 28.4 Å². The number of rotatable bonds is 8. The Bertz CT molecular complexity index is 1310. The van der Waals surface area contributed by atoms with Gasteiger partial charge in [-0.05, 0) is 30.3 Å². The molecule has 0 bridgehead atoms. The van der Waals surface area contributed by atoms with E-state index in [-0.39, 0.29) is 16.6 Å².